The fraction of sp³-hybridized carbons (Fsp3) is 0.929. The predicted octanol–water partition coefficient (Wildman–Crippen LogP) is 3.17. The SMILES string of the molecule is CCC(C)(C)C(=O)OC12CCCC1OC(O)(C(F)(F)F)C2(F)F. The maximum absolute atomic E-state index is 14.6. The molecule has 23 heavy (non-hydrogen) atoms. The van der Waals surface area contributed by atoms with Crippen LogP contribution in [0.2, 0.25) is 0 Å². The average Bonchev–Trinajstić information content (AvgIpc) is 2.87. The lowest BCUT2D eigenvalue weighted by Crippen LogP contribution is -2.64. The molecule has 0 spiro atoms. The van der Waals surface area contributed by atoms with Crippen molar-refractivity contribution in [2.24, 2.45) is 5.41 Å². The summed E-state index contributed by atoms with van der Waals surface area (Å²) in [5, 5.41) is 9.51. The van der Waals surface area contributed by atoms with E-state index in [0.717, 1.165) is 0 Å². The Morgan fingerprint density at radius 3 is 2.39 bits per heavy atom. The van der Waals surface area contributed by atoms with Gasteiger partial charge < -0.3 is 14.6 Å². The summed E-state index contributed by atoms with van der Waals surface area (Å²) in [5.41, 5.74) is -3.95. The van der Waals surface area contributed by atoms with Gasteiger partial charge in [0, 0.05) is 0 Å². The molecule has 1 heterocycles. The first-order valence-electron chi connectivity index (χ1n) is 7.33. The topological polar surface area (TPSA) is 55.8 Å². The number of carbonyl (C=O) groups is 1. The van der Waals surface area contributed by atoms with E-state index < -0.39 is 47.4 Å². The van der Waals surface area contributed by atoms with Crippen molar-refractivity contribution in [3.05, 3.63) is 0 Å². The summed E-state index contributed by atoms with van der Waals surface area (Å²) >= 11 is 0. The van der Waals surface area contributed by atoms with Crippen molar-refractivity contribution in [3.8, 4) is 0 Å². The highest BCUT2D eigenvalue weighted by Crippen LogP contribution is 2.62. The van der Waals surface area contributed by atoms with E-state index in [1.165, 1.54) is 13.8 Å². The van der Waals surface area contributed by atoms with Crippen LogP contribution in [0.15, 0.2) is 0 Å². The van der Waals surface area contributed by atoms with E-state index in [0.29, 0.717) is 0 Å². The second-order valence-corrected chi connectivity index (χ2v) is 6.73. The van der Waals surface area contributed by atoms with Gasteiger partial charge in [-0.1, -0.05) is 6.92 Å². The molecule has 2 rings (SSSR count). The van der Waals surface area contributed by atoms with Gasteiger partial charge in [-0.3, -0.25) is 4.79 Å². The lowest BCUT2D eigenvalue weighted by Gasteiger charge is -2.38. The molecule has 134 valence electrons. The molecule has 3 atom stereocenters. The highest BCUT2D eigenvalue weighted by molar-refractivity contribution is 5.76. The van der Waals surface area contributed by atoms with Crippen LogP contribution >= 0.6 is 0 Å². The van der Waals surface area contributed by atoms with Crippen molar-refractivity contribution in [2.75, 3.05) is 0 Å². The molecule has 0 aromatic carbocycles. The van der Waals surface area contributed by atoms with Gasteiger partial charge in [0.1, 0.15) is 6.10 Å². The molecule has 1 N–H and O–H groups in total. The summed E-state index contributed by atoms with van der Waals surface area (Å²) in [5.74, 6) is -10.5. The van der Waals surface area contributed by atoms with Crippen LogP contribution in [0.3, 0.4) is 0 Å². The van der Waals surface area contributed by atoms with Crippen LogP contribution in [0.25, 0.3) is 0 Å². The molecule has 0 aromatic heterocycles. The van der Waals surface area contributed by atoms with Gasteiger partial charge in [0.25, 0.3) is 0 Å². The second-order valence-electron chi connectivity index (χ2n) is 6.73. The van der Waals surface area contributed by atoms with Crippen LogP contribution in [-0.2, 0) is 14.3 Å². The van der Waals surface area contributed by atoms with Crippen molar-refractivity contribution in [2.45, 2.75) is 76.0 Å². The van der Waals surface area contributed by atoms with E-state index in [1.807, 2.05) is 0 Å². The molecule has 2 aliphatic rings. The number of alkyl halides is 5. The van der Waals surface area contributed by atoms with Crippen molar-refractivity contribution in [3.63, 3.8) is 0 Å². The summed E-state index contributed by atoms with van der Waals surface area (Å²) in [6.07, 6.45) is -7.74. The fourth-order valence-electron chi connectivity index (χ4n) is 2.90. The molecular formula is C14H19F5O4. The number of rotatable bonds is 3. The Hall–Kier alpha value is -0.960. The smallest absolute Gasteiger partial charge is 0.449 e. The maximum Gasteiger partial charge on any atom is 0.449 e. The molecule has 1 saturated heterocycles. The van der Waals surface area contributed by atoms with E-state index >= 15 is 0 Å². The average molecular weight is 346 g/mol. The summed E-state index contributed by atoms with van der Waals surface area (Å²) in [4.78, 5) is 12.2. The first-order chi connectivity index (χ1) is 10.3. The molecule has 1 aliphatic heterocycles. The molecule has 0 bridgehead atoms. The van der Waals surface area contributed by atoms with E-state index in [2.05, 4.69) is 4.74 Å². The lowest BCUT2D eigenvalue weighted by molar-refractivity contribution is -0.413. The molecule has 4 nitrogen and oxygen atoms in total. The monoisotopic (exact) mass is 346 g/mol. The third kappa shape index (κ3) is 2.26. The number of aliphatic hydroxyl groups is 1. The van der Waals surface area contributed by atoms with Gasteiger partial charge >= 0.3 is 23.9 Å². The number of ether oxygens (including phenoxy) is 2. The molecule has 1 saturated carbocycles. The Kier molecular flexibility index (Phi) is 4.01. The summed E-state index contributed by atoms with van der Waals surface area (Å²) in [6, 6.07) is 0. The van der Waals surface area contributed by atoms with Crippen LogP contribution in [0.1, 0.15) is 46.5 Å². The Balaban J connectivity index is 2.45. The van der Waals surface area contributed by atoms with E-state index in [9.17, 15) is 31.9 Å². The molecule has 1 aliphatic carbocycles. The molecular weight excluding hydrogens is 327 g/mol. The van der Waals surface area contributed by atoms with Crippen molar-refractivity contribution in [1.82, 2.24) is 0 Å². The minimum absolute atomic E-state index is 0.105. The molecule has 2 fully saturated rings. The summed E-state index contributed by atoms with van der Waals surface area (Å²) < 4.78 is 77.3. The van der Waals surface area contributed by atoms with Gasteiger partial charge in [0.05, 0.1) is 5.41 Å². The van der Waals surface area contributed by atoms with Gasteiger partial charge in [-0.05, 0) is 39.5 Å². The van der Waals surface area contributed by atoms with Crippen LogP contribution in [0.5, 0.6) is 0 Å². The van der Waals surface area contributed by atoms with Crippen LogP contribution in [-0.4, -0.2) is 40.7 Å². The van der Waals surface area contributed by atoms with Crippen LogP contribution < -0.4 is 0 Å². The van der Waals surface area contributed by atoms with E-state index in [4.69, 9.17) is 4.74 Å². The first-order valence-corrected chi connectivity index (χ1v) is 7.33. The minimum Gasteiger partial charge on any atom is -0.449 e. The highest BCUT2D eigenvalue weighted by atomic mass is 19.4. The molecule has 0 aromatic rings. The zero-order valence-electron chi connectivity index (χ0n) is 13.0. The van der Waals surface area contributed by atoms with Crippen LogP contribution in [0, 0.1) is 5.41 Å². The number of esters is 1. The van der Waals surface area contributed by atoms with Crippen molar-refractivity contribution in [1.29, 1.82) is 0 Å². The Bertz CT molecular complexity index is 504. The normalized spacial score (nSPS) is 36.8. The minimum atomic E-state index is -5.72. The number of hydrogen-bond acceptors (Lipinski definition) is 4. The number of halogens is 5. The van der Waals surface area contributed by atoms with Crippen LogP contribution in [0.4, 0.5) is 22.0 Å². The third-order valence-corrected chi connectivity index (χ3v) is 4.90. The fourth-order valence-corrected chi connectivity index (χ4v) is 2.90. The third-order valence-electron chi connectivity index (χ3n) is 4.90. The van der Waals surface area contributed by atoms with Gasteiger partial charge in [-0.25, -0.2) is 0 Å². The molecule has 0 radical (unpaired) electrons. The Labute approximate surface area is 129 Å². The van der Waals surface area contributed by atoms with E-state index in [-0.39, 0.29) is 19.3 Å². The standard InChI is InChI=1S/C14H19F5O4/c1-4-10(2,3)9(20)23-11-7-5-6-8(11)22-13(21,12(11,15)16)14(17,18)19/h8,21H,4-7H2,1-3H3. The Morgan fingerprint density at radius 1 is 1.35 bits per heavy atom. The van der Waals surface area contributed by atoms with Gasteiger partial charge in [-0.2, -0.15) is 22.0 Å². The van der Waals surface area contributed by atoms with Gasteiger partial charge in [0.15, 0.2) is 0 Å². The van der Waals surface area contributed by atoms with Gasteiger partial charge in [0.2, 0.25) is 5.60 Å². The maximum atomic E-state index is 14.6. The van der Waals surface area contributed by atoms with Crippen molar-refractivity contribution >= 4 is 5.97 Å². The lowest BCUT2D eigenvalue weighted by atomic mass is 9.86. The molecule has 3 unspecified atom stereocenters. The van der Waals surface area contributed by atoms with E-state index in [1.54, 1.807) is 6.92 Å². The highest BCUT2D eigenvalue weighted by Gasteiger charge is 2.87. The number of carbonyl (C=O) groups excluding carboxylic acids is 1. The summed E-state index contributed by atoms with van der Waals surface area (Å²) in [7, 11) is 0. The molecule has 0 amide bonds. The Morgan fingerprint density at radius 2 is 1.91 bits per heavy atom. The molecule has 9 heteroatoms. The van der Waals surface area contributed by atoms with Crippen molar-refractivity contribution < 1.29 is 41.3 Å². The zero-order chi connectivity index (χ0) is 17.9. The predicted molar refractivity (Wildman–Crippen MR) is 67.6 cm³/mol. The summed E-state index contributed by atoms with van der Waals surface area (Å²) in [6.45, 7) is 4.51. The zero-order valence-corrected chi connectivity index (χ0v) is 13.0. The number of hydrogen-bond donors (Lipinski definition) is 1. The second kappa shape index (κ2) is 5.02. The van der Waals surface area contributed by atoms with Gasteiger partial charge in [-0.15, -0.1) is 0 Å². The first kappa shape index (κ1) is 18.4. The largest absolute Gasteiger partial charge is 0.449 e. The quantitative estimate of drug-likeness (QED) is 0.630. The number of fused-ring (bicyclic) bond motifs is 1.